The number of halogens is 2. The minimum Gasteiger partial charge on any atom is -0.338 e. The first-order chi connectivity index (χ1) is 13.0. The first kappa shape index (κ1) is 17.5. The van der Waals surface area contributed by atoms with E-state index in [4.69, 9.17) is 11.6 Å². The Morgan fingerprint density at radius 2 is 2.00 bits per heavy atom. The van der Waals surface area contributed by atoms with E-state index in [0.717, 1.165) is 0 Å². The molecule has 0 bridgehead atoms. The van der Waals surface area contributed by atoms with Crippen molar-refractivity contribution in [1.29, 1.82) is 0 Å². The SMILES string of the molecule is Cn1c(C(=O)Nc2ccccc2Cl)c(N2CCCC2=O)c2cc(F)ccc21. The zero-order valence-corrected chi connectivity index (χ0v) is 15.4. The predicted octanol–water partition coefficient (Wildman–Crippen LogP) is 4.35. The molecule has 0 spiro atoms. The third-order valence-corrected chi connectivity index (χ3v) is 5.14. The van der Waals surface area contributed by atoms with Crippen LogP contribution in [0.4, 0.5) is 15.8 Å². The first-order valence-corrected chi connectivity index (χ1v) is 8.99. The number of amides is 2. The normalized spacial score (nSPS) is 14.2. The van der Waals surface area contributed by atoms with Gasteiger partial charge in [-0.1, -0.05) is 23.7 Å². The molecule has 4 rings (SSSR count). The average Bonchev–Trinajstić information content (AvgIpc) is 3.17. The van der Waals surface area contributed by atoms with E-state index in [1.54, 1.807) is 46.8 Å². The fourth-order valence-corrected chi connectivity index (χ4v) is 3.74. The largest absolute Gasteiger partial charge is 0.338 e. The summed E-state index contributed by atoms with van der Waals surface area (Å²) in [7, 11) is 1.73. The van der Waals surface area contributed by atoms with Crippen molar-refractivity contribution in [2.75, 3.05) is 16.8 Å². The van der Waals surface area contributed by atoms with Gasteiger partial charge in [0.15, 0.2) is 0 Å². The zero-order chi connectivity index (χ0) is 19.1. The van der Waals surface area contributed by atoms with Crippen molar-refractivity contribution in [2.45, 2.75) is 12.8 Å². The van der Waals surface area contributed by atoms with Crippen LogP contribution in [-0.4, -0.2) is 22.9 Å². The summed E-state index contributed by atoms with van der Waals surface area (Å²) in [5.41, 5.74) is 1.89. The second-order valence-electron chi connectivity index (χ2n) is 6.50. The average molecular weight is 386 g/mol. The van der Waals surface area contributed by atoms with Crippen LogP contribution >= 0.6 is 11.6 Å². The van der Waals surface area contributed by atoms with E-state index in [9.17, 15) is 14.0 Å². The standard InChI is InChI=1S/C20H17ClFN3O2/c1-24-16-9-8-12(22)11-13(16)18(25-10-4-7-17(25)26)19(24)20(27)23-15-6-3-2-5-14(15)21/h2-3,5-6,8-9,11H,4,7,10H2,1H3,(H,23,27). The second-order valence-corrected chi connectivity index (χ2v) is 6.91. The molecule has 27 heavy (non-hydrogen) atoms. The van der Waals surface area contributed by atoms with Crippen LogP contribution in [-0.2, 0) is 11.8 Å². The predicted molar refractivity (Wildman–Crippen MR) is 104 cm³/mol. The van der Waals surface area contributed by atoms with Crippen LogP contribution in [0.2, 0.25) is 5.02 Å². The van der Waals surface area contributed by atoms with Crippen molar-refractivity contribution in [2.24, 2.45) is 7.05 Å². The number of carbonyl (C=O) groups excluding carboxylic acids is 2. The molecular formula is C20H17ClFN3O2. The molecule has 1 aliphatic heterocycles. The molecule has 2 heterocycles. The highest BCUT2D eigenvalue weighted by atomic mass is 35.5. The highest BCUT2D eigenvalue weighted by Gasteiger charge is 2.31. The van der Waals surface area contributed by atoms with E-state index >= 15 is 0 Å². The van der Waals surface area contributed by atoms with Gasteiger partial charge in [-0.2, -0.15) is 0 Å². The lowest BCUT2D eigenvalue weighted by Gasteiger charge is -2.18. The minimum absolute atomic E-state index is 0.0708. The Morgan fingerprint density at radius 1 is 1.22 bits per heavy atom. The maximum Gasteiger partial charge on any atom is 0.274 e. The number of rotatable bonds is 3. The van der Waals surface area contributed by atoms with E-state index < -0.39 is 11.7 Å². The van der Waals surface area contributed by atoms with Gasteiger partial charge < -0.3 is 14.8 Å². The molecule has 7 heteroatoms. The summed E-state index contributed by atoms with van der Waals surface area (Å²) in [5, 5.41) is 3.75. The van der Waals surface area contributed by atoms with Crippen molar-refractivity contribution in [3.63, 3.8) is 0 Å². The Bertz CT molecular complexity index is 1080. The quantitative estimate of drug-likeness (QED) is 0.728. The van der Waals surface area contributed by atoms with Gasteiger partial charge in [-0.15, -0.1) is 0 Å². The van der Waals surface area contributed by atoms with Gasteiger partial charge in [0.05, 0.1) is 21.9 Å². The lowest BCUT2D eigenvalue weighted by molar-refractivity contribution is -0.117. The van der Waals surface area contributed by atoms with Crippen molar-refractivity contribution in [3.05, 3.63) is 59.0 Å². The smallest absolute Gasteiger partial charge is 0.274 e. The number of aryl methyl sites for hydroxylation is 1. The van der Waals surface area contributed by atoms with Crippen LogP contribution in [0.3, 0.4) is 0 Å². The maximum atomic E-state index is 13.9. The number of benzene rings is 2. The van der Waals surface area contributed by atoms with Crippen LogP contribution < -0.4 is 10.2 Å². The fraction of sp³-hybridized carbons (Fsp3) is 0.200. The highest BCUT2D eigenvalue weighted by molar-refractivity contribution is 6.34. The molecule has 1 aromatic heterocycles. The van der Waals surface area contributed by atoms with Gasteiger partial charge in [-0.25, -0.2) is 4.39 Å². The lowest BCUT2D eigenvalue weighted by Crippen LogP contribution is -2.27. The van der Waals surface area contributed by atoms with Gasteiger partial charge in [-0.3, -0.25) is 9.59 Å². The summed E-state index contributed by atoms with van der Waals surface area (Å²) < 4.78 is 15.6. The molecule has 0 atom stereocenters. The van der Waals surface area contributed by atoms with Crippen LogP contribution in [0, 0.1) is 5.82 Å². The number of para-hydroxylation sites is 1. The van der Waals surface area contributed by atoms with Crippen molar-refractivity contribution < 1.29 is 14.0 Å². The summed E-state index contributed by atoms with van der Waals surface area (Å²) in [6, 6.07) is 11.2. The number of carbonyl (C=O) groups is 2. The molecule has 5 nitrogen and oxygen atoms in total. The summed E-state index contributed by atoms with van der Waals surface area (Å²) in [4.78, 5) is 27.0. The number of nitrogens with zero attached hydrogens (tertiary/aromatic N) is 2. The third kappa shape index (κ3) is 2.96. The van der Waals surface area contributed by atoms with E-state index in [1.165, 1.54) is 12.1 Å². The molecule has 0 aliphatic carbocycles. The third-order valence-electron chi connectivity index (χ3n) is 4.82. The van der Waals surface area contributed by atoms with E-state index in [-0.39, 0.29) is 5.91 Å². The van der Waals surface area contributed by atoms with Gasteiger partial charge in [0.2, 0.25) is 5.91 Å². The van der Waals surface area contributed by atoms with Crippen molar-refractivity contribution in [3.8, 4) is 0 Å². The second kappa shape index (κ2) is 6.70. The fourth-order valence-electron chi connectivity index (χ4n) is 3.56. The van der Waals surface area contributed by atoms with Crippen LogP contribution in [0.25, 0.3) is 10.9 Å². The molecule has 0 saturated carbocycles. The van der Waals surface area contributed by atoms with Gasteiger partial charge >= 0.3 is 0 Å². The highest BCUT2D eigenvalue weighted by Crippen LogP contribution is 2.37. The molecule has 0 radical (unpaired) electrons. The molecule has 1 saturated heterocycles. The van der Waals surface area contributed by atoms with Crippen LogP contribution in [0.15, 0.2) is 42.5 Å². The Hall–Kier alpha value is -2.86. The summed E-state index contributed by atoms with van der Waals surface area (Å²) in [6.07, 6.45) is 1.12. The Labute approximate surface area is 160 Å². The van der Waals surface area contributed by atoms with Crippen molar-refractivity contribution in [1.82, 2.24) is 4.57 Å². The summed E-state index contributed by atoms with van der Waals surface area (Å²) in [6.45, 7) is 0.501. The maximum absolute atomic E-state index is 13.9. The van der Waals surface area contributed by atoms with E-state index in [1.807, 2.05) is 0 Å². The van der Waals surface area contributed by atoms with Gasteiger partial charge in [0.1, 0.15) is 11.5 Å². The molecule has 1 fully saturated rings. The van der Waals surface area contributed by atoms with Gasteiger partial charge in [0, 0.05) is 25.4 Å². The van der Waals surface area contributed by atoms with Gasteiger partial charge in [0.25, 0.3) is 5.91 Å². The molecule has 1 aliphatic rings. The number of hydrogen-bond acceptors (Lipinski definition) is 2. The number of fused-ring (bicyclic) bond motifs is 1. The monoisotopic (exact) mass is 385 g/mol. The van der Waals surface area contributed by atoms with E-state index in [0.29, 0.717) is 52.4 Å². The molecule has 2 aromatic carbocycles. The zero-order valence-electron chi connectivity index (χ0n) is 14.6. The van der Waals surface area contributed by atoms with Crippen LogP contribution in [0.1, 0.15) is 23.3 Å². The topological polar surface area (TPSA) is 54.3 Å². The summed E-state index contributed by atoms with van der Waals surface area (Å²) in [5.74, 6) is -0.894. The molecular weight excluding hydrogens is 369 g/mol. The minimum atomic E-state index is -0.418. The number of anilines is 2. The number of hydrogen-bond donors (Lipinski definition) is 1. The Kier molecular flexibility index (Phi) is 4.36. The van der Waals surface area contributed by atoms with E-state index in [2.05, 4.69) is 5.32 Å². The number of nitrogens with one attached hydrogen (secondary N) is 1. The van der Waals surface area contributed by atoms with Gasteiger partial charge in [-0.05, 0) is 36.8 Å². The lowest BCUT2D eigenvalue weighted by atomic mass is 10.2. The van der Waals surface area contributed by atoms with Crippen LogP contribution in [0.5, 0.6) is 0 Å². The Morgan fingerprint density at radius 3 is 2.70 bits per heavy atom. The Balaban J connectivity index is 1.88. The summed E-state index contributed by atoms with van der Waals surface area (Å²) >= 11 is 6.15. The van der Waals surface area contributed by atoms with Crippen molar-refractivity contribution >= 4 is 45.7 Å². The first-order valence-electron chi connectivity index (χ1n) is 8.61. The molecule has 3 aromatic rings. The molecule has 2 amide bonds. The molecule has 138 valence electrons. The molecule has 0 unspecified atom stereocenters. The number of aromatic nitrogens is 1. The molecule has 1 N–H and O–H groups in total.